The van der Waals surface area contributed by atoms with Gasteiger partial charge in [-0.25, -0.2) is 0 Å². The van der Waals surface area contributed by atoms with Gasteiger partial charge in [0, 0.05) is 0 Å². The summed E-state index contributed by atoms with van der Waals surface area (Å²) in [6.45, 7) is 5.26. The molecule has 1 fully saturated rings. The summed E-state index contributed by atoms with van der Waals surface area (Å²) in [6, 6.07) is 9.40. The van der Waals surface area contributed by atoms with E-state index in [1.165, 1.54) is 0 Å². The molecule has 1 aromatic rings. The Morgan fingerprint density at radius 2 is 1.71 bits per heavy atom. The quantitative estimate of drug-likeness (QED) is 0.552. The summed E-state index contributed by atoms with van der Waals surface area (Å²) in [6.07, 6.45) is -0.486. The summed E-state index contributed by atoms with van der Waals surface area (Å²) >= 11 is 0. The van der Waals surface area contributed by atoms with Gasteiger partial charge in [-0.2, -0.15) is 0 Å². The SMILES string of the molecule is C[C@@H]1C(=O)O[C@@H](c2ccccc2)C(C)(C)C1=O. The van der Waals surface area contributed by atoms with Gasteiger partial charge in [0.05, 0.1) is 5.41 Å². The third kappa shape index (κ3) is 1.86. The lowest BCUT2D eigenvalue weighted by atomic mass is 9.73. The van der Waals surface area contributed by atoms with Crippen molar-refractivity contribution in [2.45, 2.75) is 26.9 Å². The number of ketones is 1. The highest BCUT2D eigenvalue weighted by Gasteiger charge is 2.49. The molecule has 90 valence electrons. The summed E-state index contributed by atoms with van der Waals surface area (Å²) in [5.74, 6) is -1.14. The van der Waals surface area contributed by atoms with E-state index >= 15 is 0 Å². The van der Waals surface area contributed by atoms with E-state index in [4.69, 9.17) is 4.74 Å². The van der Waals surface area contributed by atoms with Crippen LogP contribution < -0.4 is 0 Å². The topological polar surface area (TPSA) is 43.4 Å². The summed E-state index contributed by atoms with van der Waals surface area (Å²) in [5.41, 5.74) is 0.195. The van der Waals surface area contributed by atoms with E-state index in [2.05, 4.69) is 0 Å². The average molecular weight is 232 g/mol. The smallest absolute Gasteiger partial charge is 0.316 e. The second-order valence-electron chi connectivity index (χ2n) is 5.04. The van der Waals surface area contributed by atoms with E-state index in [1.54, 1.807) is 6.92 Å². The molecule has 3 nitrogen and oxygen atoms in total. The number of esters is 1. The molecule has 1 saturated heterocycles. The van der Waals surface area contributed by atoms with Crippen LogP contribution in [0.15, 0.2) is 30.3 Å². The maximum atomic E-state index is 12.1. The van der Waals surface area contributed by atoms with E-state index in [9.17, 15) is 9.59 Å². The van der Waals surface area contributed by atoms with Crippen molar-refractivity contribution in [1.29, 1.82) is 0 Å². The molecule has 2 rings (SSSR count). The van der Waals surface area contributed by atoms with Crippen molar-refractivity contribution < 1.29 is 14.3 Å². The first-order chi connectivity index (χ1) is 7.94. The lowest BCUT2D eigenvalue weighted by Crippen LogP contribution is -2.46. The highest BCUT2D eigenvalue weighted by molar-refractivity contribution is 6.03. The zero-order valence-corrected chi connectivity index (χ0v) is 10.3. The Balaban J connectivity index is 2.41. The number of carbonyl (C=O) groups excluding carboxylic acids is 2. The number of ether oxygens (including phenoxy) is 1. The predicted octanol–water partition coefficient (Wildman–Crippen LogP) is 2.52. The van der Waals surface area contributed by atoms with Gasteiger partial charge in [0.2, 0.25) is 0 Å². The molecule has 0 spiro atoms. The van der Waals surface area contributed by atoms with Crippen molar-refractivity contribution in [3.8, 4) is 0 Å². The van der Waals surface area contributed by atoms with Gasteiger partial charge >= 0.3 is 5.97 Å². The van der Waals surface area contributed by atoms with Gasteiger partial charge in [-0.1, -0.05) is 30.3 Å². The zero-order valence-electron chi connectivity index (χ0n) is 10.3. The zero-order chi connectivity index (χ0) is 12.6. The number of hydrogen-bond acceptors (Lipinski definition) is 3. The van der Waals surface area contributed by atoms with Gasteiger partial charge in [0.25, 0.3) is 0 Å². The summed E-state index contributed by atoms with van der Waals surface area (Å²) in [7, 11) is 0. The number of carbonyl (C=O) groups is 2. The molecular weight excluding hydrogens is 216 g/mol. The van der Waals surface area contributed by atoms with Crippen LogP contribution in [0, 0.1) is 11.3 Å². The van der Waals surface area contributed by atoms with Crippen LogP contribution in [0.2, 0.25) is 0 Å². The summed E-state index contributed by atoms with van der Waals surface area (Å²) in [4.78, 5) is 23.8. The molecule has 2 atom stereocenters. The normalized spacial score (nSPS) is 27.7. The third-order valence-corrected chi connectivity index (χ3v) is 3.37. The van der Waals surface area contributed by atoms with Crippen LogP contribution in [0.1, 0.15) is 32.4 Å². The van der Waals surface area contributed by atoms with Crippen LogP contribution in [0.4, 0.5) is 0 Å². The van der Waals surface area contributed by atoms with Crippen LogP contribution in [0.3, 0.4) is 0 Å². The number of rotatable bonds is 1. The molecule has 0 radical (unpaired) electrons. The van der Waals surface area contributed by atoms with Crippen molar-refractivity contribution >= 4 is 11.8 Å². The van der Waals surface area contributed by atoms with Crippen molar-refractivity contribution in [3.63, 3.8) is 0 Å². The number of hydrogen-bond donors (Lipinski definition) is 0. The fourth-order valence-electron chi connectivity index (χ4n) is 2.27. The molecule has 0 unspecified atom stereocenters. The van der Waals surface area contributed by atoms with E-state index in [0.29, 0.717) is 0 Å². The highest BCUT2D eigenvalue weighted by Crippen LogP contribution is 2.43. The molecule has 0 aromatic heterocycles. The third-order valence-electron chi connectivity index (χ3n) is 3.37. The van der Waals surface area contributed by atoms with Crippen LogP contribution in [0.25, 0.3) is 0 Å². The number of cyclic esters (lactones) is 1. The van der Waals surface area contributed by atoms with Crippen molar-refractivity contribution in [2.24, 2.45) is 11.3 Å². The Hall–Kier alpha value is -1.64. The van der Waals surface area contributed by atoms with Crippen LogP contribution in [-0.4, -0.2) is 11.8 Å². The van der Waals surface area contributed by atoms with E-state index in [1.807, 2.05) is 44.2 Å². The minimum absolute atomic E-state index is 0.0531. The molecule has 1 aliphatic rings. The van der Waals surface area contributed by atoms with Gasteiger partial charge in [0.15, 0.2) is 5.78 Å². The van der Waals surface area contributed by atoms with Gasteiger partial charge in [-0.05, 0) is 26.3 Å². The van der Waals surface area contributed by atoms with Crippen LogP contribution in [0.5, 0.6) is 0 Å². The molecule has 1 aliphatic heterocycles. The number of Topliss-reactive ketones (excluding diaryl/α,β-unsaturated/α-hetero) is 1. The van der Waals surface area contributed by atoms with Gasteiger partial charge in [-0.3, -0.25) is 9.59 Å². The van der Waals surface area contributed by atoms with Crippen molar-refractivity contribution in [2.75, 3.05) is 0 Å². The minimum Gasteiger partial charge on any atom is -0.456 e. The lowest BCUT2D eigenvalue weighted by Gasteiger charge is -2.39. The van der Waals surface area contributed by atoms with Crippen LogP contribution >= 0.6 is 0 Å². The molecule has 0 saturated carbocycles. The van der Waals surface area contributed by atoms with E-state index < -0.39 is 23.4 Å². The molecule has 0 aliphatic carbocycles. The van der Waals surface area contributed by atoms with Gasteiger partial charge < -0.3 is 4.74 Å². The second kappa shape index (κ2) is 3.99. The average Bonchev–Trinajstić information content (AvgIpc) is 2.33. The fourth-order valence-corrected chi connectivity index (χ4v) is 2.27. The maximum Gasteiger partial charge on any atom is 0.316 e. The van der Waals surface area contributed by atoms with Gasteiger partial charge in [-0.15, -0.1) is 0 Å². The first-order valence-electron chi connectivity index (χ1n) is 5.74. The molecule has 0 amide bonds. The first-order valence-corrected chi connectivity index (χ1v) is 5.74. The van der Waals surface area contributed by atoms with Crippen LogP contribution in [-0.2, 0) is 14.3 Å². The molecule has 1 heterocycles. The Labute approximate surface area is 101 Å². The van der Waals surface area contributed by atoms with Crippen molar-refractivity contribution in [1.82, 2.24) is 0 Å². The monoisotopic (exact) mass is 232 g/mol. The predicted molar refractivity (Wildman–Crippen MR) is 63.2 cm³/mol. The second-order valence-corrected chi connectivity index (χ2v) is 5.04. The molecule has 1 aromatic carbocycles. The Morgan fingerprint density at radius 1 is 1.12 bits per heavy atom. The Bertz CT molecular complexity index is 448. The largest absolute Gasteiger partial charge is 0.456 e. The fraction of sp³-hybridized carbons (Fsp3) is 0.429. The highest BCUT2D eigenvalue weighted by atomic mass is 16.5. The summed E-state index contributed by atoms with van der Waals surface area (Å²) in [5, 5.41) is 0. The Morgan fingerprint density at radius 3 is 2.29 bits per heavy atom. The lowest BCUT2D eigenvalue weighted by molar-refractivity contribution is -0.177. The Kier molecular flexibility index (Phi) is 2.77. The maximum absolute atomic E-state index is 12.1. The molecular formula is C14H16O3. The van der Waals surface area contributed by atoms with E-state index in [-0.39, 0.29) is 5.78 Å². The summed E-state index contributed by atoms with van der Waals surface area (Å²) < 4.78 is 5.41. The van der Waals surface area contributed by atoms with Crippen molar-refractivity contribution in [3.05, 3.63) is 35.9 Å². The van der Waals surface area contributed by atoms with Gasteiger partial charge in [0.1, 0.15) is 12.0 Å². The molecule has 0 N–H and O–H groups in total. The molecule has 0 bridgehead atoms. The minimum atomic E-state index is -0.672. The number of benzene rings is 1. The van der Waals surface area contributed by atoms with E-state index in [0.717, 1.165) is 5.56 Å². The molecule has 3 heteroatoms. The first kappa shape index (κ1) is 11.8. The molecule has 17 heavy (non-hydrogen) atoms. The standard InChI is InChI=1S/C14H16O3/c1-9-11(15)14(2,3)12(17-13(9)16)10-7-5-4-6-8-10/h4-9,12H,1-3H3/t9-,12-/m0/s1.